The smallest absolute Gasteiger partial charge is 0.0957 e. The van der Waals surface area contributed by atoms with Crippen molar-refractivity contribution in [3.05, 3.63) is 0 Å². The standard InChI is InChI=1S/C10H17NO3/c11-9-5-8(6-9,7-12)14-10(9)1-3-13-4-2-10/h12H,1-7,11H2. The maximum atomic E-state index is 9.28. The van der Waals surface area contributed by atoms with Gasteiger partial charge in [0.25, 0.3) is 0 Å². The van der Waals surface area contributed by atoms with E-state index in [1.54, 1.807) is 0 Å². The lowest BCUT2D eigenvalue weighted by atomic mass is 9.61. The van der Waals surface area contributed by atoms with Crippen molar-refractivity contribution < 1.29 is 14.6 Å². The summed E-state index contributed by atoms with van der Waals surface area (Å²) in [6.45, 7) is 1.58. The summed E-state index contributed by atoms with van der Waals surface area (Å²) < 4.78 is 11.4. The van der Waals surface area contributed by atoms with E-state index in [-0.39, 0.29) is 23.3 Å². The molecule has 4 rings (SSSR count). The largest absolute Gasteiger partial charge is 0.393 e. The molecular weight excluding hydrogens is 182 g/mol. The highest BCUT2D eigenvalue weighted by molar-refractivity contribution is 5.26. The van der Waals surface area contributed by atoms with Crippen LogP contribution in [0.25, 0.3) is 0 Å². The van der Waals surface area contributed by atoms with Crippen LogP contribution in [0.15, 0.2) is 0 Å². The van der Waals surface area contributed by atoms with E-state index in [0.29, 0.717) is 0 Å². The van der Waals surface area contributed by atoms with Crippen molar-refractivity contribution in [1.29, 1.82) is 0 Å². The van der Waals surface area contributed by atoms with Crippen LogP contribution in [0.4, 0.5) is 0 Å². The van der Waals surface area contributed by atoms with E-state index in [1.165, 1.54) is 0 Å². The highest BCUT2D eigenvalue weighted by atomic mass is 16.6. The van der Waals surface area contributed by atoms with Crippen LogP contribution in [0.5, 0.6) is 0 Å². The van der Waals surface area contributed by atoms with Gasteiger partial charge in [-0.2, -0.15) is 0 Å². The maximum absolute atomic E-state index is 9.28. The summed E-state index contributed by atoms with van der Waals surface area (Å²) in [5.74, 6) is 0. The third-order valence-corrected chi connectivity index (χ3v) is 4.18. The molecule has 1 saturated carbocycles. The Morgan fingerprint density at radius 3 is 2.36 bits per heavy atom. The van der Waals surface area contributed by atoms with Gasteiger partial charge in [0, 0.05) is 26.1 Å². The highest BCUT2D eigenvalue weighted by Gasteiger charge is 2.72. The lowest BCUT2D eigenvalue weighted by molar-refractivity contribution is -0.130. The zero-order valence-electron chi connectivity index (χ0n) is 8.29. The molecule has 1 aliphatic carbocycles. The summed E-state index contributed by atoms with van der Waals surface area (Å²) in [4.78, 5) is 0. The lowest BCUT2D eigenvalue weighted by Crippen LogP contribution is -2.63. The van der Waals surface area contributed by atoms with Crippen molar-refractivity contribution in [3.63, 3.8) is 0 Å². The van der Waals surface area contributed by atoms with E-state index < -0.39 is 0 Å². The summed E-state index contributed by atoms with van der Waals surface area (Å²) in [5, 5.41) is 9.28. The van der Waals surface area contributed by atoms with Gasteiger partial charge in [0.15, 0.2) is 0 Å². The molecule has 0 aromatic carbocycles. The second-order valence-electron chi connectivity index (χ2n) is 5.06. The molecule has 80 valence electrons. The molecule has 14 heavy (non-hydrogen) atoms. The van der Waals surface area contributed by atoms with Crippen LogP contribution in [-0.2, 0) is 9.47 Å². The molecule has 0 aromatic heterocycles. The number of ether oxygens (including phenoxy) is 2. The first kappa shape index (κ1) is 9.09. The van der Waals surface area contributed by atoms with E-state index in [1.807, 2.05) is 0 Å². The van der Waals surface area contributed by atoms with Gasteiger partial charge in [0.1, 0.15) is 0 Å². The van der Waals surface area contributed by atoms with E-state index in [2.05, 4.69) is 0 Å². The first-order valence-electron chi connectivity index (χ1n) is 5.32. The van der Waals surface area contributed by atoms with E-state index >= 15 is 0 Å². The predicted molar refractivity (Wildman–Crippen MR) is 49.8 cm³/mol. The third kappa shape index (κ3) is 0.877. The van der Waals surface area contributed by atoms with Gasteiger partial charge in [-0.05, 0) is 12.8 Å². The number of nitrogens with two attached hydrogens (primary N) is 1. The molecule has 3 heterocycles. The molecule has 2 bridgehead atoms. The van der Waals surface area contributed by atoms with Gasteiger partial charge in [-0.1, -0.05) is 0 Å². The lowest BCUT2D eigenvalue weighted by Gasteiger charge is -2.46. The normalized spacial score (nSPS) is 49.3. The Hall–Kier alpha value is -0.160. The molecule has 0 aromatic rings. The summed E-state index contributed by atoms with van der Waals surface area (Å²) in [6, 6.07) is 0. The second kappa shape index (κ2) is 2.50. The minimum atomic E-state index is -0.313. The Labute approximate surface area is 83.4 Å². The van der Waals surface area contributed by atoms with Crippen molar-refractivity contribution in [2.45, 2.75) is 42.4 Å². The Balaban J connectivity index is 1.88. The number of hydrogen-bond donors (Lipinski definition) is 2. The van der Waals surface area contributed by atoms with Gasteiger partial charge in [-0.25, -0.2) is 0 Å². The van der Waals surface area contributed by atoms with Gasteiger partial charge in [0.2, 0.25) is 0 Å². The van der Waals surface area contributed by atoms with Crippen LogP contribution < -0.4 is 5.73 Å². The molecule has 0 unspecified atom stereocenters. The van der Waals surface area contributed by atoms with Gasteiger partial charge in [0.05, 0.1) is 23.3 Å². The Bertz CT molecular complexity index is 254. The fraction of sp³-hybridized carbons (Fsp3) is 1.00. The molecule has 1 spiro atoms. The van der Waals surface area contributed by atoms with Crippen molar-refractivity contribution >= 4 is 0 Å². The van der Waals surface area contributed by atoms with E-state index in [9.17, 15) is 5.11 Å². The molecule has 4 heteroatoms. The highest BCUT2D eigenvalue weighted by Crippen LogP contribution is 2.61. The molecule has 0 radical (unpaired) electrons. The van der Waals surface area contributed by atoms with Crippen LogP contribution in [0.1, 0.15) is 25.7 Å². The van der Waals surface area contributed by atoms with E-state index in [4.69, 9.17) is 15.2 Å². The van der Waals surface area contributed by atoms with Gasteiger partial charge < -0.3 is 20.3 Å². The Morgan fingerprint density at radius 1 is 1.21 bits per heavy atom. The van der Waals surface area contributed by atoms with Gasteiger partial charge >= 0.3 is 0 Å². The first-order chi connectivity index (χ1) is 6.64. The molecule has 4 aliphatic rings. The average molecular weight is 199 g/mol. The van der Waals surface area contributed by atoms with Crippen molar-refractivity contribution in [2.75, 3.05) is 19.8 Å². The van der Waals surface area contributed by atoms with Crippen molar-refractivity contribution in [2.24, 2.45) is 5.73 Å². The molecule has 0 amide bonds. The molecule has 4 nitrogen and oxygen atoms in total. The summed E-state index contributed by atoms with van der Waals surface area (Å²) >= 11 is 0. The number of aliphatic hydroxyl groups is 1. The second-order valence-corrected chi connectivity index (χ2v) is 5.06. The molecular formula is C10H17NO3. The minimum Gasteiger partial charge on any atom is -0.393 e. The Morgan fingerprint density at radius 2 is 1.86 bits per heavy atom. The van der Waals surface area contributed by atoms with Crippen LogP contribution in [0.2, 0.25) is 0 Å². The zero-order chi connectivity index (χ0) is 9.86. The molecule has 3 saturated heterocycles. The van der Waals surface area contributed by atoms with Crippen molar-refractivity contribution in [3.8, 4) is 0 Å². The van der Waals surface area contributed by atoms with Crippen LogP contribution in [0, 0.1) is 0 Å². The summed E-state index contributed by atoms with van der Waals surface area (Å²) in [7, 11) is 0. The first-order valence-corrected chi connectivity index (χ1v) is 5.32. The quantitative estimate of drug-likeness (QED) is 0.613. The molecule has 4 fully saturated rings. The van der Waals surface area contributed by atoms with Gasteiger partial charge in [-0.15, -0.1) is 0 Å². The number of hydrogen-bond acceptors (Lipinski definition) is 4. The van der Waals surface area contributed by atoms with E-state index in [0.717, 1.165) is 38.9 Å². The van der Waals surface area contributed by atoms with Crippen LogP contribution in [0.3, 0.4) is 0 Å². The maximum Gasteiger partial charge on any atom is 0.0957 e. The third-order valence-electron chi connectivity index (χ3n) is 4.18. The monoisotopic (exact) mass is 199 g/mol. The topological polar surface area (TPSA) is 64.7 Å². The van der Waals surface area contributed by atoms with Crippen LogP contribution >= 0.6 is 0 Å². The molecule has 0 atom stereocenters. The zero-order valence-corrected chi connectivity index (χ0v) is 8.29. The summed E-state index contributed by atoms with van der Waals surface area (Å²) in [5.41, 5.74) is 5.61. The summed E-state index contributed by atoms with van der Waals surface area (Å²) in [6.07, 6.45) is 3.39. The number of rotatable bonds is 1. The van der Waals surface area contributed by atoms with Crippen molar-refractivity contribution in [1.82, 2.24) is 0 Å². The van der Waals surface area contributed by atoms with Crippen LogP contribution in [-0.4, -0.2) is 41.7 Å². The average Bonchev–Trinajstić information content (AvgIpc) is 2.50. The minimum absolute atomic E-state index is 0.106. The SMILES string of the molecule is NC12CC(CO)(C1)OC21CCOCC1. The molecule has 3 N–H and O–H groups in total. The van der Waals surface area contributed by atoms with Gasteiger partial charge in [-0.3, -0.25) is 0 Å². The fourth-order valence-electron chi connectivity index (χ4n) is 3.45. The predicted octanol–water partition coefficient (Wildman–Crippen LogP) is -0.212. The number of aliphatic hydroxyl groups excluding tert-OH is 1. The molecule has 3 aliphatic heterocycles. The fourth-order valence-corrected chi connectivity index (χ4v) is 3.45. The Kier molecular flexibility index (Phi) is 1.62.